The maximum atomic E-state index is 12.3. The van der Waals surface area contributed by atoms with Crippen LogP contribution < -0.4 is 9.47 Å². The van der Waals surface area contributed by atoms with Crippen molar-refractivity contribution in [2.75, 3.05) is 27.3 Å². The van der Waals surface area contributed by atoms with Gasteiger partial charge in [0.1, 0.15) is 11.4 Å². The van der Waals surface area contributed by atoms with Crippen molar-refractivity contribution in [2.24, 2.45) is 5.92 Å². The molecule has 1 atom stereocenters. The molecule has 1 unspecified atom stereocenters. The molecule has 0 spiro atoms. The highest BCUT2D eigenvalue weighted by Crippen LogP contribution is 2.31. The summed E-state index contributed by atoms with van der Waals surface area (Å²) in [6.45, 7) is 6.16. The van der Waals surface area contributed by atoms with Crippen LogP contribution in [-0.2, 0) is 16.0 Å². The number of rotatable bonds is 4. The first-order chi connectivity index (χ1) is 11.7. The van der Waals surface area contributed by atoms with E-state index in [1.54, 1.807) is 31.4 Å². The third-order valence-electron chi connectivity index (χ3n) is 3.98. The summed E-state index contributed by atoms with van der Waals surface area (Å²) >= 11 is 0. The largest absolute Gasteiger partial charge is 0.493 e. The van der Waals surface area contributed by atoms with Crippen LogP contribution >= 0.6 is 0 Å². The first-order valence-corrected chi connectivity index (χ1v) is 8.31. The number of pyridine rings is 1. The van der Waals surface area contributed by atoms with Crippen molar-refractivity contribution < 1.29 is 23.8 Å². The summed E-state index contributed by atoms with van der Waals surface area (Å²) in [4.78, 5) is 30.5. The lowest BCUT2D eigenvalue weighted by atomic mass is 9.91. The molecule has 0 aliphatic carbocycles. The molecule has 1 aliphatic rings. The fraction of sp³-hybridized carbons (Fsp3) is 0.611. The lowest BCUT2D eigenvalue weighted by Crippen LogP contribution is -2.46. The number of carbonyl (C=O) groups excluding carboxylic acids is 2. The molecule has 0 N–H and O–H groups in total. The molecule has 0 saturated carbocycles. The van der Waals surface area contributed by atoms with Crippen molar-refractivity contribution in [3.05, 3.63) is 18.0 Å². The standard InChI is InChI=1S/C18H26N2O5/c1-18(2,3)25-17(22)20-9-7-14(21)12(11-20)10-13-16(24-5)15(23-4)6-8-19-13/h6,8,12H,7,9-11H2,1-5H3. The number of likely N-dealkylation sites (tertiary alicyclic amines) is 1. The van der Waals surface area contributed by atoms with E-state index in [0.29, 0.717) is 43.1 Å². The molecule has 7 heteroatoms. The van der Waals surface area contributed by atoms with Crippen LogP contribution in [0.4, 0.5) is 4.79 Å². The molecular weight excluding hydrogens is 324 g/mol. The van der Waals surface area contributed by atoms with Crippen molar-refractivity contribution in [1.29, 1.82) is 0 Å². The number of Topliss-reactive ketones (excluding diaryl/α,β-unsaturated/α-hetero) is 1. The van der Waals surface area contributed by atoms with Gasteiger partial charge < -0.3 is 19.1 Å². The predicted octanol–water partition coefficient (Wildman–Crippen LogP) is 2.47. The molecule has 0 bridgehead atoms. The number of hydrogen-bond acceptors (Lipinski definition) is 6. The first kappa shape index (κ1) is 19.0. The Hall–Kier alpha value is -2.31. The quantitative estimate of drug-likeness (QED) is 0.830. The van der Waals surface area contributed by atoms with Crippen LogP contribution in [0.2, 0.25) is 0 Å². The lowest BCUT2D eigenvalue weighted by Gasteiger charge is -2.33. The van der Waals surface area contributed by atoms with Gasteiger partial charge in [-0.15, -0.1) is 0 Å². The molecule has 7 nitrogen and oxygen atoms in total. The van der Waals surface area contributed by atoms with E-state index < -0.39 is 11.7 Å². The molecule has 1 saturated heterocycles. The topological polar surface area (TPSA) is 78.0 Å². The second-order valence-electron chi connectivity index (χ2n) is 7.04. The van der Waals surface area contributed by atoms with Gasteiger partial charge in [0.05, 0.1) is 19.9 Å². The number of piperidine rings is 1. The zero-order chi connectivity index (χ0) is 18.6. The minimum Gasteiger partial charge on any atom is -0.493 e. The van der Waals surface area contributed by atoms with Crippen LogP contribution in [0.3, 0.4) is 0 Å². The minimum atomic E-state index is -0.564. The van der Waals surface area contributed by atoms with Crippen molar-refractivity contribution in [3.63, 3.8) is 0 Å². The van der Waals surface area contributed by atoms with Crippen LogP contribution in [0.25, 0.3) is 0 Å². The zero-order valence-corrected chi connectivity index (χ0v) is 15.5. The Morgan fingerprint density at radius 1 is 1.32 bits per heavy atom. The summed E-state index contributed by atoms with van der Waals surface area (Å²) < 4.78 is 16.1. The number of carbonyl (C=O) groups is 2. The minimum absolute atomic E-state index is 0.117. The van der Waals surface area contributed by atoms with Crippen molar-refractivity contribution in [2.45, 2.75) is 39.2 Å². The summed E-state index contributed by atoms with van der Waals surface area (Å²) in [5.41, 5.74) is 0.0808. The van der Waals surface area contributed by atoms with E-state index in [1.807, 2.05) is 20.8 Å². The molecular formula is C18H26N2O5. The molecule has 1 aromatic rings. The van der Waals surface area contributed by atoms with Gasteiger partial charge in [-0.1, -0.05) is 0 Å². The van der Waals surface area contributed by atoms with Crippen LogP contribution in [0, 0.1) is 5.92 Å². The smallest absolute Gasteiger partial charge is 0.410 e. The van der Waals surface area contributed by atoms with E-state index in [0.717, 1.165) is 0 Å². The molecule has 138 valence electrons. The number of hydrogen-bond donors (Lipinski definition) is 0. The summed E-state index contributed by atoms with van der Waals surface area (Å²) in [6, 6.07) is 1.71. The number of aromatic nitrogens is 1. The Kier molecular flexibility index (Phi) is 5.87. The Labute approximate surface area is 148 Å². The molecule has 0 aromatic carbocycles. The Morgan fingerprint density at radius 2 is 2.04 bits per heavy atom. The number of amides is 1. The fourth-order valence-corrected chi connectivity index (χ4v) is 2.81. The van der Waals surface area contributed by atoms with E-state index in [2.05, 4.69) is 4.98 Å². The molecule has 1 amide bonds. The van der Waals surface area contributed by atoms with Crippen molar-refractivity contribution in [1.82, 2.24) is 9.88 Å². The molecule has 0 radical (unpaired) electrons. The molecule has 25 heavy (non-hydrogen) atoms. The average molecular weight is 350 g/mol. The van der Waals surface area contributed by atoms with Crippen LogP contribution in [0.1, 0.15) is 32.9 Å². The monoisotopic (exact) mass is 350 g/mol. The average Bonchev–Trinajstić information content (AvgIpc) is 2.54. The van der Waals surface area contributed by atoms with E-state index in [1.165, 1.54) is 0 Å². The van der Waals surface area contributed by atoms with E-state index in [9.17, 15) is 9.59 Å². The predicted molar refractivity (Wildman–Crippen MR) is 92.0 cm³/mol. The Bertz CT molecular complexity index is 639. The van der Waals surface area contributed by atoms with Crippen LogP contribution in [0.5, 0.6) is 11.5 Å². The van der Waals surface area contributed by atoms with Crippen molar-refractivity contribution >= 4 is 11.9 Å². The van der Waals surface area contributed by atoms with Crippen LogP contribution in [0.15, 0.2) is 12.3 Å². The van der Waals surface area contributed by atoms with Gasteiger partial charge >= 0.3 is 6.09 Å². The van der Waals surface area contributed by atoms with Gasteiger partial charge in [0.15, 0.2) is 11.5 Å². The molecule has 1 aliphatic heterocycles. The highest BCUT2D eigenvalue weighted by atomic mass is 16.6. The van der Waals surface area contributed by atoms with Gasteiger partial charge in [0.2, 0.25) is 0 Å². The second-order valence-corrected chi connectivity index (χ2v) is 7.04. The van der Waals surface area contributed by atoms with Gasteiger partial charge in [-0.2, -0.15) is 0 Å². The maximum Gasteiger partial charge on any atom is 0.410 e. The lowest BCUT2D eigenvalue weighted by molar-refractivity contribution is -0.125. The third kappa shape index (κ3) is 4.84. The number of ether oxygens (including phenoxy) is 3. The summed E-state index contributed by atoms with van der Waals surface area (Å²) in [7, 11) is 3.09. The highest BCUT2D eigenvalue weighted by Gasteiger charge is 2.33. The van der Waals surface area contributed by atoms with Crippen molar-refractivity contribution in [3.8, 4) is 11.5 Å². The van der Waals surface area contributed by atoms with E-state index in [4.69, 9.17) is 14.2 Å². The summed E-state index contributed by atoms with van der Waals surface area (Å²) in [5, 5.41) is 0. The van der Waals surface area contributed by atoms with Gasteiger partial charge in [0.25, 0.3) is 0 Å². The normalized spacial score (nSPS) is 18.0. The molecule has 1 fully saturated rings. The Balaban J connectivity index is 2.13. The number of methoxy groups -OCH3 is 2. The van der Waals surface area contributed by atoms with Gasteiger partial charge in [0, 0.05) is 44.1 Å². The highest BCUT2D eigenvalue weighted by molar-refractivity contribution is 5.84. The SMILES string of the molecule is COc1ccnc(CC2CN(C(=O)OC(C)(C)C)CCC2=O)c1OC. The van der Waals surface area contributed by atoms with E-state index >= 15 is 0 Å². The van der Waals surface area contributed by atoms with Crippen LogP contribution in [-0.4, -0.2) is 54.7 Å². The van der Waals surface area contributed by atoms with E-state index in [-0.39, 0.29) is 11.7 Å². The molecule has 2 heterocycles. The van der Waals surface area contributed by atoms with Gasteiger partial charge in [-0.3, -0.25) is 9.78 Å². The number of nitrogens with zero attached hydrogens (tertiary/aromatic N) is 2. The first-order valence-electron chi connectivity index (χ1n) is 8.31. The zero-order valence-electron chi connectivity index (χ0n) is 15.5. The molecule has 2 rings (SSSR count). The number of ketones is 1. The summed E-state index contributed by atoms with van der Waals surface area (Å²) in [6.07, 6.45) is 1.93. The second kappa shape index (κ2) is 7.72. The van der Waals surface area contributed by atoms with Gasteiger partial charge in [-0.25, -0.2) is 4.79 Å². The maximum absolute atomic E-state index is 12.3. The molecule has 1 aromatic heterocycles. The fourth-order valence-electron chi connectivity index (χ4n) is 2.81. The summed E-state index contributed by atoms with van der Waals surface area (Å²) in [5.74, 6) is 0.869. The Morgan fingerprint density at radius 3 is 2.64 bits per heavy atom. The third-order valence-corrected chi connectivity index (χ3v) is 3.98. The van der Waals surface area contributed by atoms with Gasteiger partial charge in [-0.05, 0) is 20.8 Å².